The normalized spacial score (nSPS) is 17.7. The largest absolute Gasteiger partial charge is 0.870 e. The minimum atomic E-state index is -1.43. The van der Waals surface area contributed by atoms with E-state index in [0.29, 0.717) is 5.56 Å². The van der Waals surface area contributed by atoms with Crippen molar-refractivity contribution in [2.75, 3.05) is 26.9 Å². The lowest BCUT2D eigenvalue weighted by Gasteiger charge is -2.37. The number of fused-ring (bicyclic) bond motifs is 4. The fraction of sp³-hybridized carbons (Fsp3) is 0.310. The fourth-order valence-electron chi connectivity index (χ4n) is 5.27. The zero-order valence-corrected chi connectivity index (χ0v) is 23.7. The van der Waals surface area contributed by atoms with E-state index in [1.807, 2.05) is 24.3 Å². The third-order valence-electron chi connectivity index (χ3n) is 7.38. The van der Waals surface area contributed by atoms with Crippen LogP contribution in [0.2, 0.25) is 0 Å². The third-order valence-corrected chi connectivity index (χ3v) is 8.52. The number of ether oxygens (including phenoxy) is 4. The molecule has 0 amide bonds. The summed E-state index contributed by atoms with van der Waals surface area (Å²) in [7, 11) is 1.10. The van der Waals surface area contributed by atoms with Crippen LogP contribution in [0.5, 0.6) is 11.5 Å². The van der Waals surface area contributed by atoms with E-state index in [2.05, 4.69) is 9.85 Å². The SMILES string of the molecule is COC(=O)[C@@H](C)OC(=O)Oc1c([O-])cc(-c2cc(F)c(F)c3c2Cc2ccccc2SC3)[n+]2c1=C([O-])N1CCOCC1N=2. The summed E-state index contributed by atoms with van der Waals surface area (Å²) in [5, 5.41) is 31.5. The molecule has 4 heterocycles. The van der Waals surface area contributed by atoms with Crippen molar-refractivity contribution in [3.05, 3.63) is 70.1 Å². The van der Waals surface area contributed by atoms with Gasteiger partial charge in [0.1, 0.15) is 0 Å². The number of nitrogens with zero attached hydrogens (tertiary/aromatic N) is 3. The molecule has 43 heavy (non-hydrogen) atoms. The number of pyridine rings is 1. The van der Waals surface area contributed by atoms with E-state index in [1.165, 1.54) is 23.6 Å². The number of hydrogen-bond acceptors (Lipinski definition) is 11. The van der Waals surface area contributed by atoms with Crippen molar-refractivity contribution < 1.29 is 51.9 Å². The van der Waals surface area contributed by atoms with Gasteiger partial charge in [0.25, 0.3) is 5.35 Å². The Morgan fingerprint density at radius 1 is 1.21 bits per heavy atom. The minimum Gasteiger partial charge on any atom is -0.870 e. The molecular weight excluding hydrogens is 588 g/mol. The van der Waals surface area contributed by atoms with E-state index in [-0.39, 0.29) is 48.8 Å². The van der Waals surface area contributed by atoms with Crippen molar-refractivity contribution in [2.24, 2.45) is 5.11 Å². The molecule has 3 aliphatic heterocycles. The van der Waals surface area contributed by atoms with Gasteiger partial charge in [-0.05, 0) is 46.1 Å². The molecule has 1 aromatic heterocycles. The monoisotopic (exact) mass is 612 g/mol. The number of esters is 1. The maximum Gasteiger partial charge on any atom is 0.514 e. The van der Waals surface area contributed by atoms with Gasteiger partial charge in [-0.2, -0.15) is 0 Å². The number of benzene rings is 2. The highest BCUT2D eigenvalue weighted by Crippen LogP contribution is 2.40. The first-order valence-electron chi connectivity index (χ1n) is 13.2. The average Bonchev–Trinajstić information content (AvgIpc) is 3.20. The molecule has 1 unspecified atom stereocenters. The second-order valence-electron chi connectivity index (χ2n) is 9.94. The van der Waals surface area contributed by atoms with Crippen LogP contribution in [-0.4, -0.2) is 56.2 Å². The Bertz CT molecular complexity index is 1790. The minimum absolute atomic E-state index is 0.00162. The highest BCUT2D eigenvalue weighted by atomic mass is 32.2. The van der Waals surface area contributed by atoms with Gasteiger partial charge in [-0.3, -0.25) is 0 Å². The number of hydrogen-bond donors (Lipinski definition) is 0. The van der Waals surface area contributed by atoms with E-state index in [4.69, 9.17) is 14.2 Å². The topological polar surface area (TPSA) is 139 Å². The number of thioether (sulfide) groups is 1. The lowest BCUT2D eigenvalue weighted by molar-refractivity contribution is -0.569. The van der Waals surface area contributed by atoms with Crippen molar-refractivity contribution in [1.82, 2.24) is 4.90 Å². The molecule has 14 heteroatoms. The lowest BCUT2D eigenvalue weighted by Crippen LogP contribution is -2.59. The van der Waals surface area contributed by atoms with Crippen LogP contribution in [-0.2, 0) is 31.2 Å². The number of halogens is 2. The van der Waals surface area contributed by atoms with Crippen LogP contribution in [0.15, 0.2) is 46.4 Å². The van der Waals surface area contributed by atoms with E-state index < -0.39 is 58.8 Å². The molecule has 1 saturated heterocycles. The molecule has 224 valence electrons. The average molecular weight is 613 g/mol. The molecule has 0 saturated carbocycles. The smallest absolute Gasteiger partial charge is 0.514 e. The Labute approximate surface area is 247 Å². The third kappa shape index (κ3) is 5.10. The predicted molar refractivity (Wildman–Crippen MR) is 141 cm³/mol. The van der Waals surface area contributed by atoms with Gasteiger partial charge in [-0.15, -0.1) is 11.8 Å². The summed E-state index contributed by atoms with van der Waals surface area (Å²) in [6, 6.07) is 9.49. The molecular formula is C29H24F2N3O8S-. The fourth-order valence-corrected chi connectivity index (χ4v) is 6.37. The molecule has 0 radical (unpaired) electrons. The van der Waals surface area contributed by atoms with E-state index >= 15 is 8.78 Å². The van der Waals surface area contributed by atoms with Gasteiger partial charge in [0.2, 0.25) is 17.6 Å². The van der Waals surface area contributed by atoms with Crippen LogP contribution < -0.4 is 24.7 Å². The number of aromatic nitrogens is 1. The van der Waals surface area contributed by atoms with Crippen molar-refractivity contribution in [3.8, 4) is 22.8 Å². The van der Waals surface area contributed by atoms with Crippen LogP contribution in [0, 0.1) is 11.6 Å². The maximum absolute atomic E-state index is 15.2. The van der Waals surface area contributed by atoms with Crippen molar-refractivity contribution in [3.63, 3.8) is 0 Å². The molecule has 2 atom stereocenters. The zero-order valence-electron chi connectivity index (χ0n) is 22.9. The number of methoxy groups -OCH3 is 1. The van der Waals surface area contributed by atoms with Crippen LogP contribution >= 0.6 is 11.8 Å². The first-order valence-corrected chi connectivity index (χ1v) is 14.2. The number of carbonyl (C=O) groups excluding carboxylic acids is 2. The molecule has 1 fully saturated rings. The molecule has 6 rings (SSSR count). The summed E-state index contributed by atoms with van der Waals surface area (Å²) in [6.45, 7) is 1.64. The molecule has 3 aromatic rings. The highest BCUT2D eigenvalue weighted by molar-refractivity contribution is 7.98. The number of rotatable bonds is 4. The number of morpholine rings is 1. The highest BCUT2D eigenvalue weighted by Gasteiger charge is 2.35. The van der Waals surface area contributed by atoms with Crippen molar-refractivity contribution in [1.29, 1.82) is 0 Å². The summed E-state index contributed by atoms with van der Waals surface area (Å²) in [5.41, 5.74) is 1.59. The van der Waals surface area contributed by atoms with Gasteiger partial charge >= 0.3 is 12.1 Å². The van der Waals surface area contributed by atoms with Crippen LogP contribution in [0.3, 0.4) is 0 Å². The molecule has 0 bridgehead atoms. The van der Waals surface area contributed by atoms with Crippen molar-refractivity contribution in [2.45, 2.75) is 36.3 Å². The molecule has 2 aromatic carbocycles. The molecule has 11 nitrogen and oxygen atoms in total. The van der Waals surface area contributed by atoms with Gasteiger partial charge in [0.05, 0.1) is 25.9 Å². The first-order chi connectivity index (χ1) is 20.7. The van der Waals surface area contributed by atoms with E-state index in [1.54, 1.807) is 0 Å². The standard InChI is InChI=1S/C29H24F2N3O8S/c1-14(28(37)39-2)41-29(38)42-26-21(35)11-20(34-25(26)27(36)33-7-8-40-12-23(33)32-34)17-10-19(30)24(31)18-13-43-22-6-4-3-5-15(22)9-16(17)18/h3-6,10-11,14,23H,7-9,12-13H2,1-2H3/q-1/t14-,23?/m1/s1. The summed E-state index contributed by atoms with van der Waals surface area (Å²) in [6.07, 6.45) is -3.37. The van der Waals surface area contributed by atoms with Crippen molar-refractivity contribution >= 4 is 29.8 Å². The quantitative estimate of drug-likeness (QED) is 0.314. The first kappa shape index (κ1) is 28.7. The molecule has 0 spiro atoms. The number of carbonyl (C=O) groups is 2. The lowest BCUT2D eigenvalue weighted by atomic mass is 9.92. The Morgan fingerprint density at radius 2 is 2.00 bits per heavy atom. The van der Waals surface area contributed by atoms with Gasteiger partial charge in [-0.25, -0.2) is 18.4 Å². The summed E-state index contributed by atoms with van der Waals surface area (Å²) in [4.78, 5) is 26.6. The zero-order chi connectivity index (χ0) is 30.4. The predicted octanol–water partition coefficient (Wildman–Crippen LogP) is 1.40. The van der Waals surface area contributed by atoms with Gasteiger partial charge in [-0.1, -0.05) is 23.9 Å². The van der Waals surface area contributed by atoms with Gasteiger partial charge in [0.15, 0.2) is 17.7 Å². The van der Waals surface area contributed by atoms with Crippen LogP contribution in [0.25, 0.3) is 17.1 Å². The summed E-state index contributed by atoms with van der Waals surface area (Å²) in [5.74, 6) is -5.17. The molecule has 3 aliphatic rings. The van der Waals surface area contributed by atoms with Crippen LogP contribution in [0.4, 0.5) is 13.6 Å². The summed E-state index contributed by atoms with van der Waals surface area (Å²) >= 11 is 1.36. The second kappa shape index (κ2) is 11.3. The summed E-state index contributed by atoms with van der Waals surface area (Å²) < 4.78 is 51.6. The van der Waals surface area contributed by atoms with E-state index in [0.717, 1.165) is 34.1 Å². The maximum atomic E-state index is 15.2. The molecule has 0 aliphatic carbocycles. The Kier molecular flexibility index (Phi) is 7.56. The van der Waals surface area contributed by atoms with Crippen LogP contribution in [0.1, 0.15) is 23.6 Å². The Hall–Kier alpha value is -4.43. The van der Waals surface area contributed by atoms with Gasteiger partial charge < -0.3 is 34.1 Å². The van der Waals surface area contributed by atoms with Gasteiger partial charge in [0, 0.05) is 34.7 Å². The second-order valence-corrected chi connectivity index (χ2v) is 11.0. The molecule has 0 N–H and O–H groups in total. The Morgan fingerprint density at radius 3 is 2.79 bits per heavy atom. The van der Waals surface area contributed by atoms with E-state index in [9.17, 15) is 19.8 Å². The Balaban J connectivity index is 1.57.